The summed E-state index contributed by atoms with van der Waals surface area (Å²) in [5.41, 5.74) is 7.16. The first-order chi connectivity index (χ1) is 4.79. The molecule has 0 unspecified atom stereocenters. The molecule has 2 heteroatoms. The number of hydrogen-bond donors (Lipinski definition) is 1. The van der Waals surface area contributed by atoms with Crippen molar-refractivity contribution in [1.29, 1.82) is 0 Å². The summed E-state index contributed by atoms with van der Waals surface area (Å²) >= 11 is 0. The fourth-order valence-corrected chi connectivity index (χ4v) is 0.637. The Morgan fingerprint density at radius 2 is 1.00 bits per heavy atom. The monoisotopic (exact) mass is 375 g/mol. The standard InChI is InChI=1S/C8H10.CH5N.U/c1-7-3-5-8(2)6-4-7;1-2;/h3-6H,1-2H3;2H2,1H3;. The summed E-state index contributed by atoms with van der Waals surface area (Å²) in [6.45, 7) is 4.19. The van der Waals surface area contributed by atoms with E-state index in [2.05, 4.69) is 43.8 Å². The maximum Gasteiger partial charge on any atom is 0 e. The average Bonchev–Trinajstić information content (AvgIpc) is 2.00. The van der Waals surface area contributed by atoms with Crippen LogP contribution in [0.15, 0.2) is 24.3 Å². The molecule has 60 valence electrons. The van der Waals surface area contributed by atoms with Crippen LogP contribution in [0.5, 0.6) is 0 Å². The van der Waals surface area contributed by atoms with E-state index in [0.29, 0.717) is 0 Å². The molecule has 1 aromatic rings. The first-order valence-corrected chi connectivity index (χ1v) is 3.40. The second-order valence-corrected chi connectivity index (χ2v) is 2.15. The molecule has 0 bridgehead atoms. The fraction of sp³-hybridized carbons (Fsp3) is 0.333. The molecule has 0 aliphatic rings. The number of hydrogen-bond acceptors (Lipinski definition) is 1. The molecule has 0 radical (unpaired) electrons. The van der Waals surface area contributed by atoms with Crippen molar-refractivity contribution < 1.29 is 31.1 Å². The Kier molecular flexibility index (Phi) is 10.4. The minimum Gasteiger partial charge on any atom is -0.333 e. The number of nitrogens with two attached hydrogens (primary N) is 1. The molecule has 0 aliphatic carbocycles. The van der Waals surface area contributed by atoms with Gasteiger partial charge in [-0.05, 0) is 20.9 Å². The molecule has 0 atom stereocenters. The molecule has 0 saturated carbocycles. The van der Waals surface area contributed by atoms with Crippen LogP contribution in [0.3, 0.4) is 0 Å². The van der Waals surface area contributed by atoms with Gasteiger partial charge in [-0.3, -0.25) is 0 Å². The van der Waals surface area contributed by atoms with Gasteiger partial charge in [-0.15, -0.1) is 0 Å². The zero-order valence-corrected chi connectivity index (χ0v) is 11.6. The maximum absolute atomic E-state index is 4.50. The van der Waals surface area contributed by atoms with Crippen LogP contribution in [0.25, 0.3) is 0 Å². The Balaban J connectivity index is 0. The number of benzene rings is 1. The van der Waals surface area contributed by atoms with E-state index in [1.54, 1.807) is 0 Å². The molecule has 1 rings (SSSR count). The molecule has 0 fully saturated rings. The minimum absolute atomic E-state index is 0. The predicted octanol–water partition coefficient (Wildman–Crippen LogP) is 1.88. The summed E-state index contributed by atoms with van der Waals surface area (Å²) < 4.78 is 0. The molecule has 2 N–H and O–H groups in total. The Labute approximate surface area is 92.8 Å². The SMILES string of the molecule is CN.Cc1ccc(C)cc1.[U]. The third-order valence-electron chi connectivity index (χ3n) is 1.22. The first kappa shape index (κ1) is 13.8. The second kappa shape index (κ2) is 8.33. The summed E-state index contributed by atoms with van der Waals surface area (Å²) in [6, 6.07) is 8.48. The van der Waals surface area contributed by atoms with Crippen LogP contribution in [-0.2, 0) is 0 Å². The van der Waals surface area contributed by atoms with Gasteiger partial charge in [0.2, 0.25) is 0 Å². The topological polar surface area (TPSA) is 26.0 Å². The van der Waals surface area contributed by atoms with Crippen LogP contribution < -0.4 is 5.73 Å². The Morgan fingerprint density at radius 3 is 1.18 bits per heavy atom. The van der Waals surface area contributed by atoms with Gasteiger partial charge in [-0.25, -0.2) is 0 Å². The molecular weight excluding hydrogens is 360 g/mol. The van der Waals surface area contributed by atoms with E-state index < -0.39 is 0 Å². The molecule has 1 nitrogen and oxygen atoms in total. The Morgan fingerprint density at radius 1 is 0.818 bits per heavy atom. The van der Waals surface area contributed by atoms with E-state index in [4.69, 9.17) is 0 Å². The van der Waals surface area contributed by atoms with Crippen LogP contribution in [0, 0.1) is 45.0 Å². The summed E-state index contributed by atoms with van der Waals surface area (Å²) in [5.74, 6) is 0. The molecule has 0 aliphatic heterocycles. The molecule has 11 heavy (non-hydrogen) atoms. The van der Waals surface area contributed by atoms with Gasteiger partial charge in [-0.2, -0.15) is 0 Å². The largest absolute Gasteiger partial charge is 0.333 e. The van der Waals surface area contributed by atoms with Gasteiger partial charge >= 0.3 is 0 Å². The van der Waals surface area contributed by atoms with Gasteiger partial charge in [-0.1, -0.05) is 35.4 Å². The third-order valence-corrected chi connectivity index (χ3v) is 1.22. The summed E-state index contributed by atoms with van der Waals surface area (Å²) in [4.78, 5) is 0. The van der Waals surface area contributed by atoms with Crippen molar-refractivity contribution in [1.82, 2.24) is 0 Å². The van der Waals surface area contributed by atoms with Gasteiger partial charge < -0.3 is 5.73 Å². The normalized spacial score (nSPS) is 7.27. The van der Waals surface area contributed by atoms with Gasteiger partial charge in [0.05, 0.1) is 0 Å². The predicted molar refractivity (Wildman–Crippen MR) is 46.0 cm³/mol. The number of aryl methyl sites for hydroxylation is 2. The molecule has 0 heterocycles. The van der Waals surface area contributed by atoms with E-state index >= 15 is 0 Å². The van der Waals surface area contributed by atoms with Crippen LogP contribution in [0.1, 0.15) is 11.1 Å². The molecular formula is C9H15NU. The summed E-state index contributed by atoms with van der Waals surface area (Å²) in [6.07, 6.45) is 0. The van der Waals surface area contributed by atoms with Crippen molar-refractivity contribution in [3.8, 4) is 0 Å². The maximum atomic E-state index is 4.50. The Bertz CT molecular complexity index is 148. The van der Waals surface area contributed by atoms with E-state index in [9.17, 15) is 0 Å². The van der Waals surface area contributed by atoms with Crippen LogP contribution in [0.4, 0.5) is 0 Å². The minimum atomic E-state index is 0. The van der Waals surface area contributed by atoms with Crippen LogP contribution in [-0.4, -0.2) is 7.05 Å². The van der Waals surface area contributed by atoms with Crippen molar-refractivity contribution in [3.05, 3.63) is 35.4 Å². The molecule has 0 aromatic heterocycles. The van der Waals surface area contributed by atoms with Crippen molar-refractivity contribution in [3.63, 3.8) is 0 Å². The molecule has 0 amide bonds. The van der Waals surface area contributed by atoms with Crippen LogP contribution in [0.2, 0.25) is 0 Å². The second-order valence-electron chi connectivity index (χ2n) is 2.15. The quantitative estimate of drug-likeness (QED) is 0.737. The average molecular weight is 375 g/mol. The zero-order valence-electron chi connectivity index (χ0n) is 7.39. The van der Waals surface area contributed by atoms with Gasteiger partial charge in [0.25, 0.3) is 0 Å². The van der Waals surface area contributed by atoms with Crippen molar-refractivity contribution in [2.24, 2.45) is 5.73 Å². The molecule has 0 saturated heterocycles. The van der Waals surface area contributed by atoms with Crippen molar-refractivity contribution in [2.45, 2.75) is 13.8 Å². The van der Waals surface area contributed by atoms with Crippen molar-refractivity contribution >= 4 is 0 Å². The van der Waals surface area contributed by atoms with Crippen LogP contribution >= 0.6 is 0 Å². The first-order valence-electron chi connectivity index (χ1n) is 3.40. The number of rotatable bonds is 0. The Hall–Kier alpha value is 0.232. The fourth-order valence-electron chi connectivity index (χ4n) is 0.637. The summed E-state index contributed by atoms with van der Waals surface area (Å²) in [5, 5.41) is 0. The van der Waals surface area contributed by atoms with E-state index in [-0.39, 0.29) is 31.1 Å². The van der Waals surface area contributed by atoms with E-state index in [0.717, 1.165) is 0 Å². The smallest absolute Gasteiger partial charge is 0 e. The van der Waals surface area contributed by atoms with Gasteiger partial charge in [0.15, 0.2) is 0 Å². The third kappa shape index (κ3) is 6.62. The van der Waals surface area contributed by atoms with Crippen molar-refractivity contribution in [2.75, 3.05) is 7.05 Å². The molecule has 0 spiro atoms. The van der Waals surface area contributed by atoms with Gasteiger partial charge in [0.1, 0.15) is 0 Å². The van der Waals surface area contributed by atoms with E-state index in [1.165, 1.54) is 18.2 Å². The molecule has 1 aromatic carbocycles. The zero-order chi connectivity index (χ0) is 7.98. The van der Waals surface area contributed by atoms with E-state index in [1.807, 2.05) is 0 Å². The van der Waals surface area contributed by atoms with Gasteiger partial charge in [0, 0.05) is 31.1 Å². The summed E-state index contributed by atoms with van der Waals surface area (Å²) in [7, 11) is 1.50.